The summed E-state index contributed by atoms with van der Waals surface area (Å²) < 4.78 is 24.5. The number of carbonyl (C=O) groups excluding carboxylic acids is 3. The van der Waals surface area contributed by atoms with Gasteiger partial charge in [-0.3, -0.25) is 19.5 Å². The SMILES string of the molecule is O=C(COC(=O)CCn1c(=O)oc2ccccc21)NC(=O)Nc1ccccc1F. The Hall–Kier alpha value is -3.95. The molecule has 0 bridgehead atoms. The van der Waals surface area contributed by atoms with E-state index >= 15 is 0 Å². The number of aromatic nitrogens is 1. The maximum Gasteiger partial charge on any atom is 0.419 e. The Morgan fingerprint density at radius 3 is 2.59 bits per heavy atom. The fourth-order valence-electron chi connectivity index (χ4n) is 2.53. The number of oxazole rings is 1. The molecule has 3 amide bonds. The first kappa shape index (κ1) is 19.8. The van der Waals surface area contributed by atoms with Crippen molar-refractivity contribution in [3.63, 3.8) is 0 Å². The Labute approximate surface area is 163 Å². The maximum absolute atomic E-state index is 13.4. The van der Waals surface area contributed by atoms with Crippen LogP contribution in [-0.2, 0) is 20.9 Å². The zero-order valence-electron chi connectivity index (χ0n) is 15.0. The molecular formula is C19H16FN3O6. The minimum Gasteiger partial charge on any atom is -0.456 e. The number of hydrogen-bond acceptors (Lipinski definition) is 6. The summed E-state index contributed by atoms with van der Waals surface area (Å²) in [7, 11) is 0. The zero-order chi connectivity index (χ0) is 20.8. The van der Waals surface area contributed by atoms with Crippen LogP contribution in [0.2, 0.25) is 0 Å². The third-order valence-electron chi connectivity index (χ3n) is 3.85. The number of halogens is 1. The molecule has 0 aliphatic carbocycles. The van der Waals surface area contributed by atoms with Gasteiger partial charge in [-0.05, 0) is 24.3 Å². The molecule has 3 aromatic rings. The number of nitrogens with one attached hydrogen (secondary N) is 2. The van der Waals surface area contributed by atoms with Crippen LogP contribution < -0.4 is 16.4 Å². The lowest BCUT2D eigenvalue weighted by Crippen LogP contribution is -2.37. The predicted molar refractivity (Wildman–Crippen MR) is 99.6 cm³/mol. The summed E-state index contributed by atoms with van der Waals surface area (Å²) in [6.45, 7) is -0.700. The van der Waals surface area contributed by atoms with Gasteiger partial charge in [-0.2, -0.15) is 0 Å². The number of ether oxygens (including phenoxy) is 1. The Morgan fingerprint density at radius 1 is 1.07 bits per heavy atom. The van der Waals surface area contributed by atoms with Gasteiger partial charge in [-0.25, -0.2) is 14.0 Å². The first-order valence-electron chi connectivity index (χ1n) is 8.53. The van der Waals surface area contributed by atoms with E-state index in [2.05, 4.69) is 5.32 Å². The fourth-order valence-corrected chi connectivity index (χ4v) is 2.53. The molecule has 0 saturated heterocycles. The number of hydrogen-bond donors (Lipinski definition) is 2. The van der Waals surface area contributed by atoms with E-state index in [9.17, 15) is 23.6 Å². The molecule has 2 N–H and O–H groups in total. The van der Waals surface area contributed by atoms with Crippen molar-refractivity contribution in [2.45, 2.75) is 13.0 Å². The number of para-hydroxylation sites is 3. The number of rotatable bonds is 6. The van der Waals surface area contributed by atoms with Crippen molar-refractivity contribution < 1.29 is 27.9 Å². The molecule has 0 atom stereocenters. The molecule has 3 rings (SSSR count). The molecule has 0 unspecified atom stereocenters. The van der Waals surface area contributed by atoms with E-state index < -0.39 is 36.1 Å². The summed E-state index contributed by atoms with van der Waals surface area (Å²) in [6, 6.07) is 11.2. The molecule has 0 spiro atoms. The van der Waals surface area contributed by atoms with Crippen molar-refractivity contribution in [2.24, 2.45) is 0 Å². The third kappa shape index (κ3) is 5.06. The number of imide groups is 1. The second-order valence-corrected chi connectivity index (χ2v) is 5.88. The van der Waals surface area contributed by atoms with Gasteiger partial charge in [0.25, 0.3) is 5.91 Å². The second-order valence-electron chi connectivity index (χ2n) is 5.88. The molecule has 0 fully saturated rings. The first-order chi connectivity index (χ1) is 13.9. The van der Waals surface area contributed by atoms with Crippen molar-refractivity contribution in [1.82, 2.24) is 9.88 Å². The minimum atomic E-state index is -0.965. The number of benzene rings is 2. The van der Waals surface area contributed by atoms with Crippen LogP contribution in [0.25, 0.3) is 11.1 Å². The monoisotopic (exact) mass is 401 g/mol. The van der Waals surface area contributed by atoms with E-state index in [-0.39, 0.29) is 18.7 Å². The van der Waals surface area contributed by atoms with Crippen LogP contribution in [0.5, 0.6) is 0 Å². The van der Waals surface area contributed by atoms with Crippen LogP contribution in [-0.4, -0.2) is 29.1 Å². The van der Waals surface area contributed by atoms with Gasteiger partial charge in [0.05, 0.1) is 17.6 Å². The van der Waals surface area contributed by atoms with E-state index in [1.165, 1.54) is 22.8 Å². The predicted octanol–water partition coefficient (Wildman–Crippen LogP) is 2.02. The van der Waals surface area contributed by atoms with Crippen LogP contribution in [0.4, 0.5) is 14.9 Å². The van der Waals surface area contributed by atoms with Gasteiger partial charge in [0.15, 0.2) is 12.2 Å². The van der Waals surface area contributed by atoms with Gasteiger partial charge in [0.1, 0.15) is 5.82 Å². The summed E-state index contributed by atoms with van der Waals surface area (Å²) in [5.41, 5.74) is 0.826. The molecule has 1 heterocycles. The lowest BCUT2D eigenvalue weighted by Gasteiger charge is -2.08. The molecule has 2 aromatic carbocycles. The van der Waals surface area contributed by atoms with Crippen molar-refractivity contribution >= 4 is 34.7 Å². The average Bonchev–Trinajstić information content (AvgIpc) is 3.01. The smallest absolute Gasteiger partial charge is 0.419 e. The summed E-state index contributed by atoms with van der Waals surface area (Å²) >= 11 is 0. The number of fused-ring (bicyclic) bond motifs is 1. The lowest BCUT2D eigenvalue weighted by atomic mass is 10.3. The third-order valence-corrected chi connectivity index (χ3v) is 3.85. The summed E-state index contributed by atoms with van der Waals surface area (Å²) in [4.78, 5) is 47.0. The van der Waals surface area contributed by atoms with Gasteiger partial charge >= 0.3 is 17.8 Å². The highest BCUT2D eigenvalue weighted by Gasteiger charge is 2.14. The number of esters is 1. The fraction of sp³-hybridized carbons (Fsp3) is 0.158. The molecule has 10 heteroatoms. The van der Waals surface area contributed by atoms with E-state index in [0.717, 1.165) is 6.07 Å². The maximum atomic E-state index is 13.4. The standard InChI is InChI=1S/C19H16FN3O6/c20-12-5-1-2-6-13(12)21-18(26)22-16(24)11-28-17(25)9-10-23-14-7-3-4-8-15(14)29-19(23)27/h1-8H,9-11H2,(H2,21,22,24,26). The number of aryl methyl sites for hydroxylation is 1. The van der Waals surface area contributed by atoms with Crippen LogP contribution in [0, 0.1) is 5.82 Å². The van der Waals surface area contributed by atoms with Crippen LogP contribution in [0.3, 0.4) is 0 Å². The Bertz CT molecular complexity index is 1120. The van der Waals surface area contributed by atoms with Crippen molar-refractivity contribution in [2.75, 3.05) is 11.9 Å². The van der Waals surface area contributed by atoms with E-state index in [0.29, 0.717) is 11.1 Å². The summed E-state index contributed by atoms with van der Waals surface area (Å²) in [5, 5.41) is 4.07. The molecular weight excluding hydrogens is 385 g/mol. The number of amides is 3. The van der Waals surface area contributed by atoms with Crippen molar-refractivity contribution in [3.8, 4) is 0 Å². The Morgan fingerprint density at radius 2 is 1.79 bits per heavy atom. The van der Waals surface area contributed by atoms with Gasteiger partial charge < -0.3 is 14.5 Å². The van der Waals surface area contributed by atoms with Gasteiger partial charge in [0.2, 0.25) is 0 Å². The number of anilines is 1. The Balaban J connectivity index is 1.45. The largest absolute Gasteiger partial charge is 0.456 e. The van der Waals surface area contributed by atoms with E-state index in [1.807, 2.05) is 5.32 Å². The molecule has 9 nitrogen and oxygen atoms in total. The summed E-state index contributed by atoms with van der Waals surface area (Å²) in [6.07, 6.45) is -0.182. The number of carbonyl (C=O) groups is 3. The highest BCUT2D eigenvalue weighted by molar-refractivity contribution is 6.01. The lowest BCUT2D eigenvalue weighted by molar-refractivity contribution is -0.148. The van der Waals surface area contributed by atoms with Crippen LogP contribution in [0.1, 0.15) is 6.42 Å². The number of urea groups is 1. The van der Waals surface area contributed by atoms with Crippen molar-refractivity contribution in [1.29, 1.82) is 0 Å². The summed E-state index contributed by atoms with van der Waals surface area (Å²) in [5.74, 6) is -2.91. The van der Waals surface area contributed by atoms with Gasteiger partial charge in [0, 0.05) is 6.54 Å². The molecule has 0 aliphatic heterocycles. The van der Waals surface area contributed by atoms with Gasteiger partial charge in [-0.1, -0.05) is 24.3 Å². The molecule has 29 heavy (non-hydrogen) atoms. The highest BCUT2D eigenvalue weighted by atomic mass is 19.1. The topological polar surface area (TPSA) is 120 Å². The molecule has 0 saturated carbocycles. The van der Waals surface area contributed by atoms with E-state index in [4.69, 9.17) is 9.15 Å². The van der Waals surface area contributed by atoms with Gasteiger partial charge in [-0.15, -0.1) is 0 Å². The van der Waals surface area contributed by atoms with Crippen molar-refractivity contribution in [3.05, 3.63) is 64.9 Å². The second kappa shape index (κ2) is 8.83. The average molecular weight is 401 g/mol. The quantitative estimate of drug-likeness (QED) is 0.610. The van der Waals surface area contributed by atoms with E-state index in [1.54, 1.807) is 24.3 Å². The molecule has 150 valence electrons. The number of nitrogens with zero attached hydrogens (tertiary/aromatic N) is 1. The first-order valence-corrected chi connectivity index (χ1v) is 8.53. The Kier molecular flexibility index (Phi) is 6.03. The molecule has 0 aliphatic rings. The normalized spacial score (nSPS) is 10.5. The molecule has 1 aromatic heterocycles. The zero-order valence-corrected chi connectivity index (χ0v) is 15.0. The highest BCUT2D eigenvalue weighted by Crippen LogP contribution is 2.13. The molecule has 0 radical (unpaired) electrons. The minimum absolute atomic E-state index is 0.00404. The van der Waals surface area contributed by atoms with Crippen LogP contribution in [0.15, 0.2) is 57.7 Å². The van der Waals surface area contributed by atoms with Crippen LogP contribution >= 0.6 is 0 Å².